The number of amides is 3. The number of benzene rings is 3. The van der Waals surface area contributed by atoms with E-state index in [1.165, 1.54) is 35.1 Å². The summed E-state index contributed by atoms with van der Waals surface area (Å²) in [6, 6.07) is 24.2. The van der Waals surface area contributed by atoms with Crippen LogP contribution in [0.1, 0.15) is 33.9 Å². The van der Waals surface area contributed by atoms with Gasteiger partial charge in [0.05, 0.1) is 18.5 Å². The average Bonchev–Trinajstić information content (AvgIpc) is 3.58. The molecule has 0 saturated carbocycles. The minimum Gasteiger partial charge on any atom is -0.467 e. The summed E-state index contributed by atoms with van der Waals surface area (Å²) < 4.78 is 19.2. The van der Waals surface area contributed by atoms with Gasteiger partial charge in [-0.3, -0.25) is 19.3 Å². The Morgan fingerprint density at radius 2 is 1.80 bits per heavy atom. The molecule has 0 aliphatic carbocycles. The lowest BCUT2D eigenvalue weighted by Crippen LogP contribution is -2.41. The number of carbonyl (C=O) groups excluding carboxylic acids is 3. The van der Waals surface area contributed by atoms with Gasteiger partial charge in [-0.05, 0) is 67.1 Å². The molecule has 8 nitrogen and oxygen atoms in total. The molecule has 3 aromatic carbocycles. The molecule has 0 spiro atoms. The fourth-order valence-corrected chi connectivity index (χ4v) is 5.21. The summed E-state index contributed by atoms with van der Waals surface area (Å²) in [4.78, 5) is 44.6. The van der Waals surface area contributed by atoms with Crippen LogP contribution >= 0.6 is 11.8 Å². The minimum absolute atomic E-state index is 0.185. The Hall–Kier alpha value is -4.70. The third-order valence-corrected chi connectivity index (χ3v) is 7.36. The van der Waals surface area contributed by atoms with Gasteiger partial charge in [0.2, 0.25) is 11.8 Å². The molecule has 4 aromatic rings. The summed E-state index contributed by atoms with van der Waals surface area (Å²) in [5, 5.41) is 5.31. The van der Waals surface area contributed by atoms with E-state index in [9.17, 15) is 18.8 Å². The lowest BCUT2D eigenvalue weighted by Gasteiger charge is -2.16. The van der Waals surface area contributed by atoms with Gasteiger partial charge in [0, 0.05) is 11.3 Å². The van der Waals surface area contributed by atoms with Crippen LogP contribution in [0.2, 0.25) is 0 Å². The Morgan fingerprint density at radius 1 is 1.02 bits per heavy atom. The number of anilines is 1. The SMILES string of the molecule is C[C@H](NC(=O)c1ccccc1)C(=O)Nc1ccc(C2S/C(=N\c3cccc(F)c3)N(Cc3ccco3)C2=O)cc1. The molecule has 1 aliphatic heterocycles. The highest BCUT2D eigenvalue weighted by Gasteiger charge is 2.39. The first-order valence-electron chi connectivity index (χ1n) is 12.5. The zero-order chi connectivity index (χ0) is 28.1. The fourth-order valence-electron chi connectivity index (χ4n) is 4.04. The van der Waals surface area contributed by atoms with E-state index < -0.39 is 17.1 Å². The number of nitrogens with zero attached hydrogens (tertiary/aromatic N) is 2. The number of halogens is 1. The van der Waals surface area contributed by atoms with Crippen LogP contribution in [0.5, 0.6) is 0 Å². The van der Waals surface area contributed by atoms with E-state index in [0.29, 0.717) is 33.4 Å². The van der Waals surface area contributed by atoms with Gasteiger partial charge in [-0.2, -0.15) is 0 Å². The average molecular weight is 557 g/mol. The standard InChI is InChI=1S/C30H25FN4O4S/c1-19(32-28(37)21-7-3-2-4-8-21)27(36)33-23-14-12-20(13-15-23)26-29(38)35(18-25-11-6-16-39-25)30(40-26)34-24-10-5-9-22(31)17-24/h2-17,19,26H,18H2,1H3,(H,32,37)(H,33,36)/b34-30-/t19-,26?/m0/s1. The zero-order valence-corrected chi connectivity index (χ0v) is 22.2. The van der Waals surface area contributed by atoms with Crippen molar-refractivity contribution in [2.24, 2.45) is 4.99 Å². The molecule has 2 heterocycles. The second kappa shape index (κ2) is 12.0. The summed E-state index contributed by atoms with van der Waals surface area (Å²) in [7, 11) is 0. The molecular formula is C30H25FN4O4S. The molecule has 0 radical (unpaired) electrons. The normalized spacial score (nSPS) is 16.6. The van der Waals surface area contributed by atoms with Crippen molar-refractivity contribution in [1.82, 2.24) is 10.2 Å². The Kier molecular flexibility index (Phi) is 8.07. The first-order valence-corrected chi connectivity index (χ1v) is 13.4. The number of thioether (sulfide) groups is 1. The Balaban J connectivity index is 1.28. The van der Waals surface area contributed by atoms with Gasteiger partial charge in [0.15, 0.2) is 5.17 Å². The van der Waals surface area contributed by atoms with Gasteiger partial charge < -0.3 is 15.1 Å². The van der Waals surface area contributed by atoms with E-state index in [1.54, 1.807) is 79.7 Å². The highest BCUT2D eigenvalue weighted by Crippen LogP contribution is 2.41. The van der Waals surface area contributed by atoms with E-state index in [4.69, 9.17) is 4.42 Å². The van der Waals surface area contributed by atoms with E-state index >= 15 is 0 Å². The van der Waals surface area contributed by atoms with Crippen LogP contribution in [0.25, 0.3) is 0 Å². The number of nitrogens with one attached hydrogen (secondary N) is 2. The topological polar surface area (TPSA) is 104 Å². The quantitative estimate of drug-likeness (QED) is 0.291. The van der Waals surface area contributed by atoms with Crippen molar-refractivity contribution in [3.63, 3.8) is 0 Å². The van der Waals surface area contributed by atoms with E-state index in [0.717, 1.165) is 0 Å². The number of furan rings is 1. The molecule has 1 saturated heterocycles. The summed E-state index contributed by atoms with van der Waals surface area (Å²) in [6.45, 7) is 1.79. The predicted molar refractivity (Wildman–Crippen MR) is 152 cm³/mol. The van der Waals surface area contributed by atoms with Crippen LogP contribution in [-0.2, 0) is 16.1 Å². The molecule has 2 N–H and O–H groups in total. The first kappa shape index (κ1) is 26.9. The molecule has 10 heteroatoms. The zero-order valence-electron chi connectivity index (χ0n) is 21.4. The molecule has 1 unspecified atom stereocenters. The highest BCUT2D eigenvalue weighted by atomic mass is 32.2. The number of hydrogen-bond donors (Lipinski definition) is 2. The molecule has 3 amide bonds. The number of hydrogen-bond acceptors (Lipinski definition) is 6. The van der Waals surface area contributed by atoms with Crippen LogP contribution in [-0.4, -0.2) is 33.8 Å². The first-order chi connectivity index (χ1) is 19.4. The second-order valence-electron chi connectivity index (χ2n) is 9.05. The summed E-state index contributed by atoms with van der Waals surface area (Å²) in [5.74, 6) is -0.738. The number of amidine groups is 1. The maximum absolute atomic E-state index is 13.8. The summed E-state index contributed by atoms with van der Waals surface area (Å²) in [5.41, 5.74) is 2.09. The van der Waals surface area contributed by atoms with E-state index in [1.807, 2.05) is 6.07 Å². The molecule has 2 atom stereocenters. The van der Waals surface area contributed by atoms with Gasteiger partial charge in [0.25, 0.3) is 5.91 Å². The van der Waals surface area contributed by atoms with Gasteiger partial charge in [-0.25, -0.2) is 9.38 Å². The molecule has 1 fully saturated rings. The smallest absolute Gasteiger partial charge is 0.251 e. The fraction of sp³-hybridized carbons (Fsp3) is 0.133. The summed E-state index contributed by atoms with van der Waals surface area (Å²) >= 11 is 1.26. The molecule has 40 heavy (non-hydrogen) atoms. The van der Waals surface area contributed by atoms with Crippen molar-refractivity contribution in [3.8, 4) is 0 Å². The van der Waals surface area contributed by atoms with Crippen molar-refractivity contribution < 1.29 is 23.2 Å². The Labute approximate surface area is 234 Å². The molecule has 1 aromatic heterocycles. The lowest BCUT2D eigenvalue weighted by molar-refractivity contribution is -0.126. The maximum atomic E-state index is 13.8. The van der Waals surface area contributed by atoms with Crippen LogP contribution in [0, 0.1) is 5.82 Å². The monoisotopic (exact) mass is 556 g/mol. The lowest BCUT2D eigenvalue weighted by atomic mass is 10.1. The van der Waals surface area contributed by atoms with Gasteiger partial charge >= 0.3 is 0 Å². The number of carbonyl (C=O) groups is 3. The third-order valence-electron chi connectivity index (χ3n) is 6.13. The molecular weight excluding hydrogens is 531 g/mol. The largest absolute Gasteiger partial charge is 0.467 e. The maximum Gasteiger partial charge on any atom is 0.251 e. The molecule has 0 bridgehead atoms. The van der Waals surface area contributed by atoms with Gasteiger partial charge in [0.1, 0.15) is 22.9 Å². The Bertz CT molecular complexity index is 1540. The van der Waals surface area contributed by atoms with E-state index in [-0.39, 0.29) is 24.3 Å². The van der Waals surface area contributed by atoms with Crippen molar-refractivity contribution in [2.75, 3.05) is 5.32 Å². The van der Waals surface area contributed by atoms with Crippen LogP contribution in [0.4, 0.5) is 15.8 Å². The van der Waals surface area contributed by atoms with Gasteiger partial charge in [-0.15, -0.1) is 0 Å². The summed E-state index contributed by atoms with van der Waals surface area (Å²) in [6.07, 6.45) is 1.53. The number of rotatable bonds is 8. The van der Waals surface area contributed by atoms with Crippen molar-refractivity contribution in [3.05, 3.63) is 120 Å². The predicted octanol–water partition coefficient (Wildman–Crippen LogP) is 5.68. The van der Waals surface area contributed by atoms with Crippen molar-refractivity contribution in [1.29, 1.82) is 0 Å². The van der Waals surface area contributed by atoms with Crippen LogP contribution in [0.15, 0.2) is 107 Å². The molecule has 1 aliphatic rings. The number of aliphatic imine (C=N–C) groups is 1. The minimum atomic E-state index is -0.767. The van der Waals surface area contributed by atoms with Crippen LogP contribution < -0.4 is 10.6 Å². The molecule has 5 rings (SSSR count). The third kappa shape index (κ3) is 6.29. The van der Waals surface area contributed by atoms with Crippen molar-refractivity contribution >= 4 is 46.0 Å². The Morgan fingerprint density at radius 3 is 2.50 bits per heavy atom. The highest BCUT2D eigenvalue weighted by molar-refractivity contribution is 8.15. The molecule has 202 valence electrons. The van der Waals surface area contributed by atoms with E-state index in [2.05, 4.69) is 15.6 Å². The van der Waals surface area contributed by atoms with Crippen molar-refractivity contribution in [2.45, 2.75) is 24.8 Å². The second-order valence-corrected chi connectivity index (χ2v) is 10.1. The van der Waals surface area contributed by atoms with Gasteiger partial charge in [-0.1, -0.05) is 48.2 Å². The van der Waals surface area contributed by atoms with Crippen LogP contribution in [0.3, 0.4) is 0 Å².